The van der Waals surface area contributed by atoms with E-state index in [-0.39, 0.29) is 5.91 Å². The van der Waals surface area contributed by atoms with Crippen molar-refractivity contribution in [3.63, 3.8) is 0 Å². The van der Waals surface area contributed by atoms with Gasteiger partial charge in [-0.3, -0.25) is 19.7 Å². The van der Waals surface area contributed by atoms with Crippen LogP contribution in [-0.4, -0.2) is 37.4 Å². The number of anilines is 1. The highest BCUT2D eigenvalue weighted by Gasteiger charge is 2.23. The molecule has 4 rings (SSSR count). The van der Waals surface area contributed by atoms with Crippen LogP contribution in [0.2, 0.25) is 0 Å². The molecule has 140 valence electrons. The number of hydrogen-bond donors (Lipinski definition) is 0. The number of nitrogens with zero attached hydrogens (tertiary/aromatic N) is 6. The summed E-state index contributed by atoms with van der Waals surface area (Å²) in [4.78, 5) is 37.2. The molecule has 0 radical (unpaired) electrons. The Balaban J connectivity index is 1.71. The normalized spacial score (nSPS) is 11.0. The zero-order valence-electron chi connectivity index (χ0n) is 15.1. The minimum Gasteiger partial charge on any atom is -0.284 e. The molecule has 0 fully saturated rings. The molecule has 0 saturated heterocycles. The number of aryl methyl sites for hydroxylation is 1. The highest BCUT2D eigenvalue weighted by Crippen LogP contribution is 2.30. The summed E-state index contributed by atoms with van der Waals surface area (Å²) < 4.78 is 0.709. The van der Waals surface area contributed by atoms with Crippen molar-refractivity contribution in [1.82, 2.24) is 24.9 Å². The number of thiazole rings is 1. The summed E-state index contributed by atoms with van der Waals surface area (Å²) in [6.45, 7) is 4.25. The summed E-state index contributed by atoms with van der Waals surface area (Å²) in [5, 5.41) is 0.557. The Bertz CT molecular complexity index is 1160. The summed E-state index contributed by atoms with van der Waals surface area (Å²) in [5.74, 6) is -0.171. The zero-order chi connectivity index (χ0) is 19.7. The molecule has 0 atom stereocenters. The summed E-state index contributed by atoms with van der Waals surface area (Å²) in [7, 11) is 0. The van der Waals surface area contributed by atoms with Crippen LogP contribution in [-0.2, 0) is 0 Å². The quantitative estimate of drug-likeness (QED) is 0.457. The lowest BCUT2D eigenvalue weighted by Crippen LogP contribution is -2.31. The maximum absolute atomic E-state index is 13.0. The van der Waals surface area contributed by atoms with E-state index >= 15 is 0 Å². The third-order valence-corrected chi connectivity index (χ3v) is 5.72. The second-order valence-corrected chi connectivity index (χ2v) is 7.78. The third kappa shape index (κ3) is 3.50. The lowest BCUT2D eigenvalue weighted by molar-refractivity contribution is 0.0987. The van der Waals surface area contributed by atoms with Gasteiger partial charge in [0.15, 0.2) is 15.6 Å². The molecule has 0 bridgehead atoms. The first-order chi connectivity index (χ1) is 13.6. The standard InChI is InChI=1S/C19H15BrN6OS/c1-3-26(18(27)13-9-22-11(2)8-14(13)20)19-25-16-17(28-19)24-15(10-23-16)12-4-6-21-7-5-12/h4-10H,3H2,1-2H3. The molecule has 1 amide bonds. The van der Waals surface area contributed by atoms with Crippen molar-refractivity contribution in [2.24, 2.45) is 0 Å². The van der Waals surface area contributed by atoms with Gasteiger partial charge < -0.3 is 0 Å². The maximum atomic E-state index is 13.0. The molecule has 0 aromatic carbocycles. The fourth-order valence-corrected chi connectivity index (χ4v) is 4.25. The molecule has 0 N–H and O–H groups in total. The fraction of sp³-hybridized carbons (Fsp3) is 0.158. The van der Waals surface area contributed by atoms with Crippen molar-refractivity contribution in [3.8, 4) is 11.3 Å². The Morgan fingerprint density at radius 1 is 1.18 bits per heavy atom. The topological polar surface area (TPSA) is 84.8 Å². The smallest absolute Gasteiger partial charge is 0.262 e. The van der Waals surface area contributed by atoms with Crippen LogP contribution in [0.25, 0.3) is 21.7 Å². The molecule has 0 aliphatic rings. The Hall–Kier alpha value is -2.78. The van der Waals surface area contributed by atoms with Gasteiger partial charge in [-0.1, -0.05) is 11.3 Å². The van der Waals surface area contributed by atoms with Gasteiger partial charge in [0.25, 0.3) is 5.91 Å². The largest absolute Gasteiger partial charge is 0.284 e. The first kappa shape index (κ1) is 18.6. The van der Waals surface area contributed by atoms with Crippen molar-refractivity contribution < 1.29 is 4.79 Å². The number of carbonyl (C=O) groups is 1. The van der Waals surface area contributed by atoms with Crippen LogP contribution >= 0.6 is 27.3 Å². The number of hydrogen-bond acceptors (Lipinski definition) is 7. The molecular formula is C19H15BrN6OS. The molecule has 0 aliphatic heterocycles. The van der Waals surface area contributed by atoms with E-state index in [0.717, 1.165) is 17.0 Å². The van der Waals surface area contributed by atoms with Crippen LogP contribution in [0.1, 0.15) is 23.0 Å². The van der Waals surface area contributed by atoms with Crippen molar-refractivity contribution in [3.05, 3.63) is 58.7 Å². The Morgan fingerprint density at radius 3 is 2.68 bits per heavy atom. The van der Waals surface area contributed by atoms with E-state index in [4.69, 9.17) is 0 Å². The van der Waals surface area contributed by atoms with Gasteiger partial charge >= 0.3 is 0 Å². The zero-order valence-corrected chi connectivity index (χ0v) is 17.5. The van der Waals surface area contributed by atoms with Gasteiger partial charge in [-0.25, -0.2) is 9.97 Å². The van der Waals surface area contributed by atoms with Gasteiger partial charge in [0.2, 0.25) is 0 Å². The summed E-state index contributed by atoms with van der Waals surface area (Å²) in [6, 6.07) is 5.58. The lowest BCUT2D eigenvalue weighted by Gasteiger charge is -2.18. The number of fused-ring (bicyclic) bond motifs is 1. The van der Waals surface area contributed by atoms with Crippen LogP contribution in [0, 0.1) is 6.92 Å². The Labute approximate surface area is 173 Å². The predicted molar refractivity (Wildman–Crippen MR) is 112 cm³/mol. The molecule has 4 heterocycles. The SMILES string of the molecule is CCN(C(=O)c1cnc(C)cc1Br)c1nc2ncc(-c3ccncc3)nc2s1. The average Bonchev–Trinajstić information content (AvgIpc) is 3.12. The summed E-state index contributed by atoms with van der Waals surface area (Å²) in [6.07, 6.45) is 6.68. The number of carbonyl (C=O) groups excluding carboxylic acids is 1. The minimum atomic E-state index is -0.171. The number of pyridine rings is 2. The van der Waals surface area contributed by atoms with Crippen molar-refractivity contribution in [2.75, 3.05) is 11.4 Å². The van der Waals surface area contributed by atoms with Gasteiger partial charge in [-0.2, -0.15) is 4.98 Å². The van der Waals surface area contributed by atoms with E-state index < -0.39 is 0 Å². The third-order valence-electron chi connectivity index (χ3n) is 4.10. The second-order valence-electron chi connectivity index (χ2n) is 5.97. The van der Waals surface area contributed by atoms with Crippen LogP contribution < -0.4 is 4.90 Å². The minimum absolute atomic E-state index is 0.171. The Kier molecular flexibility index (Phi) is 5.10. The molecule has 4 aromatic heterocycles. The highest BCUT2D eigenvalue weighted by atomic mass is 79.9. The van der Waals surface area contributed by atoms with E-state index in [1.54, 1.807) is 29.7 Å². The van der Waals surface area contributed by atoms with Gasteiger partial charge in [0, 0.05) is 40.9 Å². The first-order valence-electron chi connectivity index (χ1n) is 8.55. The summed E-state index contributed by atoms with van der Waals surface area (Å²) >= 11 is 4.79. The molecule has 4 aromatic rings. The van der Waals surface area contributed by atoms with Gasteiger partial charge in [-0.15, -0.1) is 0 Å². The highest BCUT2D eigenvalue weighted by molar-refractivity contribution is 9.10. The number of rotatable bonds is 4. The maximum Gasteiger partial charge on any atom is 0.262 e. The van der Waals surface area contributed by atoms with Gasteiger partial charge in [0.05, 0.1) is 17.5 Å². The van der Waals surface area contributed by atoms with E-state index in [1.165, 1.54) is 11.3 Å². The van der Waals surface area contributed by atoms with Crippen molar-refractivity contribution in [2.45, 2.75) is 13.8 Å². The molecule has 0 spiro atoms. The monoisotopic (exact) mass is 454 g/mol. The predicted octanol–water partition coefficient (Wildman–Crippen LogP) is 4.28. The van der Waals surface area contributed by atoms with Crippen LogP contribution in [0.15, 0.2) is 47.5 Å². The Morgan fingerprint density at radius 2 is 1.96 bits per heavy atom. The van der Waals surface area contributed by atoms with Crippen LogP contribution in [0.3, 0.4) is 0 Å². The summed E-state index contributed by atoms with van der Waals surface area (Å²) in [5.41, 5.74) is 3.51. The molecule has 0 unspecified atom stereocenters. The van der Waals surface area contributed by atoms with Crippen molar-refractivity contribution >= 4 is 48.8 Å². The molecule has 28 heavy (non-hydrogen) atoms. The number of aromatic nitrogens is 5. The van der Waals surface area contributed by atoms with E-state index in [9.17, 15) is 4.79 Å². The molecule has 0 aliphatic carbocycles. The van der Waals surface area contributed by atoms with Crippen LogP contribution in [0.4, 0.5) is 5.13 Å². The molecular weight excluding hydrogens is 440 g/mol. The van der Waals surface area contributed by atoms with E-state index in [1.807, 2.05) is 32.0 Å². The second kappa shape index (κ2) is 7.69. The lowest BCUT2D eigenvalue weighted by atomic mass is 10.2. The van der Waals surface area contributed by atoms with E-state index in [2.05, 4.69) is 40.8 Å². The number of halogens is 1. The fourth-order valence-electron chi connectivity index (χ4n) is 2.68. The molecule has 0 saturated carbocycles. The number of amides is 1. The van der Waals surface area contributed by atoms with Crippen molar-refractivity contribution in [1.29, 1.82) is 0 Å². The molecule has 7 nitrogen and oxygen atoms in total. The van der Waals surface area contributed by atoms with E-state index in [0.29, 0.717) is 32.2 Å². The van der Waals surface area contributed by atoms with Gasteiger partial charge in [-0.05, 0) is 48.0 Å². The van der Waals surface area contributed by atoms with Crippen LogP contribution in [0.5, 0.6) is 0 Å². The first-order valence-corrected chi connectivity index (χ1v) is 10.2. The average molecular weight is 455 g/mol. The molecule has 9 heteroatoms. The van der Waals surface area contributed by atoms with Gasteiger partial charge in [0.1, 0.15) is 0 Å².